The van der Waals surface area contributed by atoms with Crippen molar-refractivity contribution in [2.24, 2.45) is 0 Å². The van der Waals surface area contributed by atoms with Gasteiger partial charge in [0.1, 0.15) is 0 Å². The first-order valence-corrected chi connectivity index (χ1v) is 5.72. The molecule has 0 saturated heterocycles. The molecule has 1 aliphatic carbocycles. The Morgan fingerprint density at radius 3 is 2.80 bits per heavy atom. The summed E-state index contributed by atoms with van der Waals surface area (Å²) in [6, 6.07) is 7.89. The van der Waals surface area contributed by atoms with Gasteiger partial charge >= 0.3 is 0 Å². The topological polar surface area (TPSA) is 38.9 Å². The Morgan fingerprint density at radius 1 is 1.27 bits per heavy atom. The Balaban J connectivity index is 2.01. The lowest BCUT2D eigenvalue weighted by molar-refractivity contribution is 0.380. The van der Waals surface area contributed by atoms with Gasteiger partial charge in [-0.15, -0.1) is 0 Å². The molecule has 1 aromatic heterocycles. The van der Waals surface area contributed by atoms with Crippen LogP contribution in [-0.4, -0.2) is 10.1 Å². The third-order valence-electron chi connectivity index (χ3n) is 2.48. The van der Waals surface area contributed by atoms with Crippen molar-refractivity contribution >= 4 is 15.9 Å². The molecule has 0 atom stereocenters. The van der Waals surface area contributed by atoms with Gasteiger partial charge in [0.25, 0.3) is 0 Å². The molecule has 1 heterocycles. The van der Waals surface area contributed by atoms with Crippen LogP contribution in [0.25, 0.3) is 11.4 Å². The van der Waals surface area contributed by atoms with Crippen molar-refractivity contribution < 1.29 is 4.52 Å². The van der Waals surface area contributed by atoms with Crippen molar-refractivity contribution in [1.82, 2.24) is 10.1 Å². The Labute approximate surface area is 95.6 Å². The van der Waals surface area contributed by atoms with E-state index in [2.05, 4.69) is 26.1 Å². The number of halogens is 1. The fourth-order valence-electron chi connectivity index (χ4n) is 1.48. The first kappa shape index (κ1) is 9.09. The van der Waals surface area contributed by atoms with Crippen LogP contribution in [0.2, 0.25) is 0 Å². The zero-order valence-corrected chi connectivity index (χ0v) is 9.57. The Hall–Kier alpha value is -1.16. The highest BCUT2D eigenvalue weighted by atomic mass is 79.9. The molecule has 0 amide bonds. The number of aromatic nitrogens is 2. The van der Waals surface area contributed by atoms with E-state index in [4.69, 9.17) is 4.52 Å². The molecule has 1 fully saturated rings. The molecule has 15 heavy (non-hydrogen) atoms. The molecule has 0 spiro atoms. The summed E-state index contributed by atoms with van der Waals surface area (Å²) in [4.78, 5) is 4.40. The third-order valence-corrected chi connectivity index (χ3v) is 3.17. The minimum absolute atomic E-state index is 0.508. The maximum absolute atomic E-state index is 5.22. The standard InChI is InChI=1S/C11H9BrN2O/c12-9-4-2-1-3-8(9)10-13-11(15-14-10)7-5-6-7/h1-4,7H,5-6H2. The average Bonchev–Trinajstić information content (AvgIpc) is 2.99. The molecule has 1 aromatic carbocycles. The summed E-state index contributed by atoms with van der Waals surface area (Å²) in [7, 11) is 0. The molecule has 3 rings (SSSR count). The monoisotopic (exact) mass is 264 g/mol. The number of nitrogens with zero attached hydrogens (tertiary/aromatic N) is 2. The van der Waals surface area contributed by atoms with E-state index in [1.165, 1.54) is 12.8 Å². The minimum Gasteiger partial charge on any atom is -0.339 e. The van der Waals surface area contributed by atoms with E-state index in [9.17, 15) is 0 Å². The van der Waals surface area contributed by atoms with Gasteiger partial charge in [-0.1, -0.05) is 33.2 Å². The third kappa shape index (κ3) is 1.69. The van der Waals surface area contributed by atoms with Gasteiger partial charge < -0.3 is 4.52 Å². The molecule has 0 radical (unpaired) electrons. The fraction of sp³-hybridized carbons (Fsp3) is 0.273. The van der Waals surface area contributed by atoms with Crippen LogP contribution in [0.4, 0.5) is 0 Å². The van der Waals surface area contributed by atoms with Crippen molar-refractivity contribution in [3.8, 4) is 11.4 Å². The molecule has 0 N–H and O–H groups in total. The van der Waals surface area contributed by atoms with Gasteiger partial charge in [0.2, 0.25) is 11.7 Å². The number of rotatable bonds is 2. The molecule has 0 unspecified atom stereocenters. The van der Waals surface area contributed by atoms with E-state index in [0.717, 1.165) is 15.9 Å². The molecule has 1 saturated carbocycles. The number of benzene rings is 1. The highest BCUT2D eigenvalue weighted by molar-refractivity contribution is 9.10. The lowest BCUT2D eigenvalue weighted by Gasteiger charge is -1.96. The summed E-state index contributed by atoms with van der Waals surface area (Å²) in [5, 5.41) is 3.99. The fourth-order valence-corrected chi connectivity index (χ4v) is 1.95. The normalized spacial score (nSPS) is 15.5. The van der Waals surface area contributed by atoms with E-state index >= 15 is 0 Å². The maximum atomic E-state index is 5.22. The van der Waals surface area contributed by atoms with Crippen LogP contribution in [0.15, 0.2) is 33.3 Å². The minimum atomic E-state index is 0.508. The smallest absolute Gasteiger partial charge is 0.230 e. The van der Waals surface area contributed by atoms with Gasteiger partial charge in [0.15, 0.2) is 0 Å². The van der Waals surface area contributed by atoms with E-state index < -0.39 is 0 Å². The molecule has 76 valence electrons. The molecule has 1 aliphatic rings. The second kappa shape index (κ2) is 3.45. The predicted octanol–water partition coefficient (Wildman–Crippen LogP) is 3.38. The number of hydrogen-bond acceptors (Lipinski definition) is 3. The van der Waals surface area contributed by atoms with Gasteiger partial charge in [0.05, 0.1) is 0 Å². The quantitative estimate of drug-likeness (QED) is 0.835. The van der Waals surface area contributed by atoms with Gasteiger partial charge in [-0.25, -0.2) is 0 Å². The molecular weight excluding hydrogens is 256 g/mol. The van der Waals surface area contributed by atoms with Crippen LogP contribution in [0.1, 0.15) is 24.7 Å². The predicted molar refractivity (Wildman–Crippen MR) is 59.4 cm³/mol. The highest BCUT2D eigenvalue weighted by Crippen LogP contribution is 2.39. The largest absolute Gasteiger partial charge is 0.339 e. The first-order valence-electron chi connectivity index (χ1n) is 4.93. The molecule has 3 nitrogen and oxygen atoms in total. The second-order valence-electron chi connectivity index (χ2n) is 3.71. The van der Waals surface area contributed by atoms with Crippen molar-refractivity contribution in [1.29, 1.82) is 0 Å². The summed E-state index contributed by atoms with van der Waals surface area (Å²) in [6.45, 7) is 0. The van der Waals surface area contributed by atoms with Crippen molar-refractivity contribution in [3.05, 3.63) is 34.6 Å². The lowest BCUT2D eigenvalue weighted by Crippen LogP contribution is -1.83. The van der Waals surface area contributed by atoms with Crippen molar-refractivity contribution in [2.45, 2.75) is 18.8 Å². The van der Waals surface area contributed by atoms with Crippen LogP contribution in [0.5, 0.6) is 0 Å². The van der Waals surface area contributed by atoms with Crippen LogP contribution in [0.3, 0.4) is 0 Å². The SMILES string of the molecule is Brc1ccccc1-c1noc(C2CC2)n1. The summed E-state index contributed by atoms with van der Waals surface area (Å²) in [6.07, 6.45) is 2.36. The van der Waals surface area contributed by atoms with Gasteiger partial charge in [0, 0.05) is 16.0 Å². The lowest BCUT2D eigenvalue weighted by atomic mass is 10.2. The average molecular weight is 265 g/mol. The van der Waals surface area contributed by atoms with E-state index in [1.54, 1.807) is 0 Å². The molecule has 0 bridgehead atoms. The highest BCUT2D eigenvalue weighted by Gasteiger charge is 2.29. The van der Waals surface area contributed by atoms with Gasteiger partial charge in [-0.2, -0.15) is 4.98 Å². The molecule has 4 heteroatoms. The van der Waals surface area contributed by atoms with Crippen LogP contribution < -0.4 is 0 Å². The Kier molecular flexibility index (Phi) is 2.09. The Bertz CT molecular complexity index is 491. The zero-order valence-electron chi connectivity index (χ0n) is 7.98. The first-order chi connectivity index (χ1) is 7.34. The Morgan fingerprint density at radius 2 is 2.07 bits per heavy atom. The van der Waals surface area contributed by atoms with Crippen LogP contribution in [0, 0.1) is 0 Å². The molecule has 2 aromatic rings. The summed E-state index contributed by atoms with van der Waals surface area (Å²) in [5.74, 6) is 1.96. The van der Waals surface area contributed by atoms with Gasteiger partial charge in [-0.3, -0.25) is 0 Å². The van der Waals surface area contributed by atoms with E-state index in [-0.39, 0.29) is 0 Å². The number of hydrogen-bond donors (Lipinski definition) is 0. The van der Waals surface area contributed by atoms with E-state index in [1.807, 2.05) is 24.3 Å². The van der Waals surface area contributed by atoms with Crippen molar-refractivity contribution in [2.75, 3.05) is 0 Å². The van der Waals surface area contributed by atoms with Crippen LogP contribution in [-0.2, 0) is 0 Å². The maximum Gasteiger partial charge on any atom is 0.230 e. The summed E-state index contributed by atoms with van der Waals surface area (Å²) >= 11 is 3.47. The molecular formula is C11H9BrN2O. The molecule has 0 aliphatic heterocycles. The summed E-state index contributed by atoms with van der Waals surface area (Å²) < 4.78 is 6.21. The summed E-state index contributed by atoms with van der Waals surface area (Å²) in [5.41, 5.74) is 0.980. The van der Waals surface area contributed by atoms with Crippen LogP contribution >= 0.6 is 15.9 Å². The van der Waals surface area contributed by atoms with E-state index in [0.29, 0.717) is 11.7 Å². The zero-order chi connectivity index (χ0) is 10.3. The van der Waals surface area contributed by atoms with Gasteiger partial charge in [-0.05, 0) is 25.0 Å². The van der Waals surface area contributed by atoms with Crippen molar-refractivity contribution in [3.63, 3.8) is 0 Å². The second-order valence-corrected chi connectivity index (χ2v) is 4.56.